The number of ether oxygens (including phenoxy) is 1. The van der Waals surface area contributed by atoms with Crippen LogP contribution in [0.2, 0.25) is 0 Å². The van der Waals surface area contributed by atoms with E-state index in [0.717, 1.165) is 30.8 Å². The number of rotatable bonds is 3. The minimum absolute atomic E-state index is 0.119. The summed E-state index contributed by atoms with van der Waals surface area (Å²) in [6, 6.07) is 0.119. The highest BCUT2D eigenvalue weighted by Gasteiger charge is 2.30. The zero-order valence-electron chi connectivity index (χ0n) is 11.7. The molecule has 1 aliphatic carbocycles. The Balaban J connectivity index is 2.44. The fourth-order valence-electron chi connectivity index (χ4n) is 2.85. The molecule has 18 heavy (non-hydrogen) atoms. The lowest BCUT2D eigenvalue weighted by atomic mass is 9.75. The first-order valence-electron chi connectivity index (χ1n) is 6.53. The lowest BCUT2D eigenvalue weighted by molar-refractivity contribution is 0.317. The van der Waals surface area contributed by atoms with Gasteiger partial charge in [0.15, 0.2) is 5.75 Å². The second-order valence-corrected chi connectivity index (χ2v) is 5.78. The monoisotopic (exact) mass is 249 g/mol. The second kappa shape index (κ2) is 4.76. The number of hydrogen-bond donors (Lipinski definition) is 1. The highest BCUT2D eigenvalue weighted by Crippen LogP contribution is 2.41. The maximum Gasteiger partial charge on any atom is 0.164 e. The summed E-state index contributed by atoms with van der Waals surface area (Å²) in [5.74, 6) is 0.841. The summed E-state index contributed by atoms with van der Waals surface area (Å²) < 4.78 is 7.40. The van der Waals surface area contributed by atoms with Gasteiger partial charge in [-0.25, -0.2) is 0 Å². The van der Waals surface area contributed by atoms with Crippen LogP contribution in [-0.2, 0) is 6.54 Å². The molecule has 0 bridgehead atoms. The molecule has 0 saturated heterocycles. The molecule has 1 aromatic rings. The molecule has 0 spiro atoms. The number of nitrogens with zero attached hydrogens (tertiary/aromatic N) is 2. The molecule has 100 valence electrons. The van der Waals surface area contributed by atoms with Crippen LogP contribution in [0.25, 0.3) is 5.57 Å². The molecule has 1 aliphatic rings. The predicted molar refractivity (Wildman–Crippen MR) is 73.4 cm³/mol. The summed E-state index contributed by atoms with van der Waals surface area (Å²) in [5.41, 5.74) is 8.72. The second-order valence-electron chi connectivity index (χ2n) is 5.78. The third-order valence-electron chi connectivity index (χ3n) is 3.50. The molecule has 0 fully saturated rings. The van der Waals surface area contributed by atoms with E-state index in [0.29, 0.717) is 0 Å². The van der Waals surface area contributed by atoms with Crippen molar-refractivity contribution in [2.24, 2.45) is 11.1 Å². The van der Waals surface area contributed by atoms with Gasteiger partial charge in [0.1, 0.15) is 5.69 Å². The van der Waals surface area contributed by atoms with Gasteiger partial charge in [-0.3, -0.25) is 4.68 Å². The van der Waals surface area contributed by atoms with Gasteiger partial charge in [-0.2, -0.15) is 5.10 Å². The SMILES string of the molecule is CCn1ncc(OC)c1C1=CC(N)CC(C)(C)C1. The summed E-state index contributed by atoms with van der Waals surface area (Å²) in [4.78, 5) is 0. The largest absolute Gasteiger partial charge is 0.493 e. The number of aryl methyl sites for hydroxylation is 1. The van der Waals surface area contributed by atoms with Crippen LogP contribution in [-0.4, -0.2) is 22.9 Å². The molecule has 0 aromatic carbocycles. The fourth-order valence-corrected chi connectivity index (χ4v) is 2.85. The standard InChI is InChI=1S/C14H23N3O/c1-5-17-13(12(18-4)9-16-17)10-6-11(15)8-14(2,3)7-10/h6,9,11H,5,7-8,15H2,1-4H3. The molecule has 4 nitrogen and oxygen atoms in total. The molecular formula is C14H23N3O. The predicted octanol–water partition coefficient (Wildman–Crippen LogP) is 2.44. The van der Waals surface area contributed by atoms with Crippen LogP contribution in [0.4, 0.5) is 0 Å². The fraction of sp³-hybridized carbons (Fsp3) is 0.643. The molecule has 0 amide bonds. The van der Waals surface area contributed by atoms with Crippen LogP contribution in [0.5, 0.6) is 5.75 Å². The maximum atomic E-state index is 6.14. The van der Waals surface area contributed by atoms with Crippen molar-refractivity contribution in [1.82, 2.24) is 9.78 Å². The average Bonchev–Trinajstić information content (AvgIpc) is 2.68. The molecule has 2 rings (SSSR count). The van der Waals surface area contributed by atoms with E-state index >= 15 is 0 Å². The van der Waals surface area contributed by atoms with E-state index in [1.54, 1.807) is 13.3 Å². The van der Waals surface area contributed by atoms with E-state index in [-0.39, 0.29) is 11.5 Å². The Labute approximate surface area is 109 Å². The summed E-state index contributed by atoms with van der Waals surface area (Å²) in [7, 11) is 1.69. The smallest absolute Gasteiger partial charge is 0.164 e. The lowest BCUT2D eigenvalue weighted by Gasteiger charge is -2.33. The van der Waals surface area contributed by atoms with Crippen LogP contribution < -0.4 is 10.5 Å². The van der Waals surface area contributed by atoms with Crippen molar-refractivity contribution in [3.63, 3.8) is 0 Å². The van der Waals surface area contributed by atoms with Gasteiger partial charge in [0.2, 0.25) is 0 Å². The van der Waals surface area contributed by atoms with E-state index in [9.17, 15) is 0 Å². The van der Waals surface area contributed by atoms with Gasteiger partial charge in [-0.05, 0) is 30.8 Å². The summed E-state index contributed by atoms with van der Waals surface area (Å²) >= 11 is 0. The molecule has 0 aliphatic heterocycles. The Kier molecular flexibility index (Phi) is 3.48. The Hall–Kier alpha value is -1.29. The third kappa shape index (κ3) is 2.43. The molecule has 1 atom stereocenters. The van der Waals surface area contributed by atoms with Gasteiger partial charge in [0.05, 0.1) is 13.3 Å². The van der Waals surface area contributed by atoms with Crippen molar-refractivity contribution >= 4 is 5.57 Å². The van der Waals surface area contributed by atoms with Gasteiger partial charge in [-0.1, -0.05) is 19.9 Å². The van der Waals surface area contributed by atoms with E-state index in [2.05, 4.69) is 31.9 Å². The van der Waals surface area contributed by atoms with Gasteiger partial charge in [0, 0.05) is 12.6 Å². The normalized spacial score (nSPS) is 22.7. The Morgan fingerprint density at radius 1 is 1.56 bits per heavy atom. The van der Waals surface area contributed by atoms with Crippen molar-refractivity contribution in [2.45, 2.75) is 46.2 Å². The number of nitrogens with two attached hydrogens (primary N) is 1. The van der Waals surface area contributed by atoms with Crippen molar-refractivity contribution in [3.8, 4) is 5.75 Å². The molecule has 1 aromatic heterocycles. The zero-order valence-corrected chi connectivity index (χ0v) is 11.7. The highest BCUT2D eigenvalue weighted by molar-refractivity contribution is 5.69. The van der Waals surface area contributed by atoms with Gasteiger partial charge < -0.3 is 10.5 Å². The van der Waals surface area contributed by atoms with Crippen molar-refractivity contribution in [3.05, 3.63) is 18.0 Å². The highest BCUT2D eigenvalue weighted by atomic mass is 16.5. The topological polar surface area (TPSA) is 53.1 Å². The molecule has 4 heteroatoms. The van der Waals surface area contributed by atoms with E-state index in [1.165, 1.54) is 5.57 Å². The summed E-state index contributed by atoms with van der Waals surface area (Å²) in [6.07, 6.45) is 5.99. The lowest BCUT2D eigenvalue weighted by Crippen LogP contribution is -2.31. The maximum absolute atomic E-state index is 6.14. The molecule has 0 saturated carbocycles. The van der Waals surface area contributed by atoms with Crippen molar-refractivity contribution < 1.29 is 4.74 Å². The molecule has 0 radical (unpaired) electrons. The Morgan fingerprint density at radius 2 is 2.28 bits per heavy atom. The minimum Gasteiger partial charge on any atom is -0.493 e. The molecular weight excluding hydrogens is 226 g/mol. The Morgan fingerprint density at radius 3 is 2.83 bits per heavy atom. The van der Waals surface area contributed by atoms with E-state index < -0.39 is 0 Å². The molecule has 2 N–H and O–H groups in total. The molecule has 1 unspecified atom stereocenters. The number of aromatic nitrogens is 2. The van der Waals surface area contributed by atoms with Crippen LogP contribution in [0.1, 0.15) is 39.3 Å². The van der Waals surface area contributed by atoms with Gasteiger partial charge >= 0.3 is 0 Å². The van der Waals surface area contributed by atoms with Crippen LogP contribution in [0.15, 0.2) is 12.3 Å². The number of allylic oxidation sites excluding steroid dienone is 1. The van der Waals surface area contributed by atoms with Crippen molar-refractivity contribution in [2.75, 3.05) is 7.11 Å². The third-order valence-corrected chi connectivity index (χ3v) is 3.50. The first-order chi connectivity index (χ1) is 8.46. The van der Waals surface area contributed by atoms with Crippen LogP contribution >= 0.6 is 0 Å². The van der Waals surface area contributed by atoms with Crippen LogP contribution in [0.3, 0.4) is 0 Å². The number of methoxy groups -OCH3 is 1. The van der Waals surface area contributed by atoms with Crippen LogP contribution in [0, 0.1) is 5.41 Å². The Bertz CT molecular complexity index is 438. The van der Waals surface area contributed by atoms with E-state index in [4.69, 9.17) is 10.5 Å². The summed E-state index contributed by atoms with van der Waals surface area (Å²) in [5, 5.41) is 4.36. The minimum atomic E-state index is 0.119. The zero-order chi connectivity index (χ0) is 13.3. The van der Waals surface area contributed by atoms with Gasteiger partial charge in [0.25, 0.3) is 0 Å². The first kappa shape index (κ1) is 13.1. The van der Waals surface area contributed by atoms with Crippen molar-refractivity contribution in [1.29, 1.82) is 0 Å². The quantitative estimate of drug-likeness (QED) is 0.895. The first-order valence-corrected chi connectivity index (χ1v) is 6.53. The summed E-state index contributed by atoms with van der Waals surface area (Å²) in [6.45, 7) is 7.45. The van der Waals surface area contributed by atoms with E-state index in [1.807, 2.05) is 4.68 Å². The number of hydrogen-bond acceptors (Lipinski definition) is 3. The van der Waals surface area contributed by atoms with Gasteiger partial charge in [-0.15, -0.1) is 0 Å². The molecule has 1 heterocycles. The average molecular weight is 249 g/mol.